The fourth-order valence-corrected chi connectivity index (χ4v) is 4.68. The monoisotopic (exact) mass is 496 g/mol. The third-order valence-electron chi connectivity index (χ3n) is 4.95. The third kappa shape index (κ3) is 5.10. The molecule has 0 bridgehead atoms. The molecule has 1 heterocycles. The summed E-state index contributed by atoms with van der Waals surface area (Å²) >= 11 is 0. The van der Waals surface area contributed by atoms with Crippen LogP contribution in [0.25, 0.3) is 10.8 Å². The van der Waals surface area contributed by atoms with Crippen molar-refractivity contribution in [2.75, 3.05) is 4.72 Å². The maximum Gasteiger partial charge on any atom is 0.418 e. The molecule has 0 saturated carbocycles. The number of carbonyl (C=O) groups is 1. The van der Waals surface area contributed by atoms with E-state index in [2.05, 4.69) is 21.5 Å². The Morgan fingerprint density at radius 2 is 1.63 bits per heavy atom. The maximum absolute atomic E-state index is 13.2. The Balaban J connectivity index is 1.71. The van der Waals surface area contributed by atoms with Gasteiger partial charge in [0.25, 0.3) is 10.0 Å². The second-order valence-electron chi connectivity index (χ2n) is 7.30. The number of halogens is 3. The molecule has 4 aromatic rings. The van der Waals surface area contributed by atoms with E-state index < -0.39 is 33.4 Å². The first-order chi connectivity index (χ1) is 16.6. The van der Waals surface area contributed by atoms with Crippen LogP contribution in [0, 0.1) is 11.8 Å². The Morgan fingerprint density at radius 3 is 2.37 bits per heavy atom. The highest BCUT2D eigenvalue weighted by Crippen LogP contribution is 2.32. The maximum atomic E-state index is 13.2. The highest BCUT2D eigenvalue weighted by molar-refractivity contribution is 7.93. The van der Waals surface area contributed by atoms with Crippen LogP contribution in [-0.4, -0.2) is 24.5 Å². The number of carboxylic acids is 1. The number of aromatic carboxylic acids is 1. The second kappa shape index (κ2) is 9.12. The number of alkyl halides is 3. The smallest absolute Gasteiger partial charge is 0.418 e. The lowest BCUT2D eigenvalue weighted by Crippen LogP contribution is -2.15. The zero-order chi connectivity index (χ0) is 25.2. The number of rotatable bonds is 4. The van der Waals surface area contributed by atoms with Gasteiger partial charge in [-0.25, -0.2) is 18.2 Å². The average Bonchev–Trinajstić information content (AvgIpc) is 2.82. The number of hydrogen-bond acceptors (Lipinski definition) is 4. The molecule has 4 rings (SSSR count). The van der Waals surface area contributed by atoms with Crippen LogP contribution in [0.5, 0.6) is 0 Å². The Kier molecular flexibility index (Phi) is 6.20. The molecule has 0 unspecified atom stereocenters. The molecule has 0 aliphatic heterocycles. The topological polar surface area (TPSA) is 96.4 Å². The van der Waals surface area contributed by atoms with Gasteiger partial charge in [-0.3, -0.25) is 4.72 Å². The number of carboxylic acid groups (broad SMARTS) is 1. The molecule has 1 aromatic heterocycles. The van der Waals surface area contributed by atoms with E-state index in [1.807, 2.05) is 0 Å². The van der Waals surface area contributed by atoms with Crippen LogP contribution in [-0.2, 0) is 16.2 Å². The van der Waals surface area contributed by atoms with Gasteiger partial charge in [0, 0.05) is 22.7 Å². The fourth-order valence-electron chi connectivity index (χ4n) is 3.37. The van der Waals surface area contributed by atoms with Crippen molar-refractivity contribution in [3.05, 3.63) is 101 Å². The second-order valence-corrected chi connectivity index (χ2v) is 8.95. The highest BCUT2D eigenvalue weighted by Gasteiger charge is 2.36. The van der Waals surface area contributed by atoms with E-state index in [1.54, 1.807) is 48.5 Å². The number of pyridine rings is 1. The van der Waals surface area contributed by atoms with Gasteiger partial charge in [0.2, 0.25) is 0 Å². The highest BCUT2D eigenvalue weighted by atomic mass is 32.2. The summed E-state index contributed by atoms with van der Waals surface area (Å²) in [7, 11) is -4.03. The minimum absolute atomic E-state index is 0.0571. The molecule has 0 aliphatic rings. The molecule has 0 spiro atoms. The van der Waals surface area contributed by atoms with E-state index in [9.17, 15) is 26.4 Å². The lowest BCUT2D eigenvalue weighted by atomic mass is 10.1. The van der Waals surface area contributed by atoms with Crippen molar-refractivity contribution in [2.24, 2.45) is 0 Å². The van der Waals surface area contributed by atoms with Crippen LogP contribution in [0.1, 0.15) is 27.2 Å². The number of sulfonamides is 1. The summed E-state index contributed by atoms with van der Waals surface area (Å²) in [5.74, 6) is 3.32. The van der Waals surface area contributed by atoms with Crippen molar-refractivity contribution in [1.82, 2.24) is 4.98 Å². The normalized spacial score (nSPS) is 11.5. The molecular weight excluding hydrogens is 481 g/mol. The average molecular weight is 496 g/mol. The van der Waals surface area contributed by atoms with E-state index in [0.717, 1.165) is 11.6 Å². The lowest BCUT2D eigenvalue weighted by molar-refractivity contribution is -0.138. The molecule has 0 amide bonds. The predicted molar refractivity (Wildman–Crippen MR) is 123 cm³/mol. The predicted octanol–water partition coefficient (Wildman–Crippen LogP) is 5.15. The van der Waals surface area contributed by atoms with Crippen molar-refractivity contribution < 1.29 is 31.5 Å². The van der Waals surface area contributed by atoms with Gasteiger partial charge in [0.05, 0.1) is 16.1 Å². The van der Waals surface area contributed by atoms with Gasteiger partial charge < -0.3 is 5.11 Å². The molecule has 6 nitrogen and oxygen atoms in total. The van der Waals surface area contributed by atoms with Crippen molar-refractivity contribution in [1.29, 1.82) is 0 Å². The Bertz CT molecular complexity index is 1620. The first kappa shape index (κ1) is 23.8. The molecule has 35 heavy (non-hydrogen) atoms. The van der Waals surface area contributed by atoms with Crippen molar-refractivity contribution >= 4 is 32.5 Å². The molecule has 0 atom stereocenters. The molecule has 0 fully saturated rings. The molecule has 0 aliphatic carbocycles. The summed E-state index contributed by atoms with van der Waals surface area (Å²) in [5.41, 5.74) is -2.42. The summed E-state index contributed by atoms with van der Waals surface area (Å²) < 4.78 is 68.5. The number of hydrogen-bond donors (Lipinski definition) is 2. The summed E-state index contributed by atoms with van der Waals surface area (Å²) in [5, 5.41) is 10.2. The summed E-state index contributed by atoms with van der Waals surface area (Å²) in [6.07, 6.45) is -4.03. The first-order valence-corrected chi connectivity index (χ1v) is 11.5. The van der Waals surface area contributed by atoms with Gasteiger partial charge in [-0.2, -0.15) is 13.2 Å². The lowest BCUT2D eigenvalue weighted by Gasteiger charge is -2.12. The number of nitrogens with zero attached hydrogens (tertiary/aromatic N) is 1. The van der Waals surface area contributed by atoms with Crippen LogP contribution in [0.2, 0.25) is 0 Å². The Morgan fingerprint density at radius 1 is 0.943 bits per heavy atom. The van der Waals surface area contributed by atoms with Crippen LogP contribution < -0.4 is 4.72 Å². The summed E-state index contributed by atoms with van der Waals surface area (Å²) in [6, 6.07) is 18.6. The minimum Gasteiger partial charge on any atom is -0.476 e. The number of aromatic nitrogens is 1. The van der Waals surface area contributed by atoms with Crippen LogP contribution in [0.3, 0.4) is 0 Å². The van der Waals surface area contributed by atoms with Gasteiger partial charge in [-0.15, -0.1) is 0 Å². The van der Waals surface area contributed by atoms with E-state index in [0.29, 0.717) is 11.5 Å². The quantitative estimate of drug-likeness (QED) is 0.381. The van der Waals surface area contributed by atoms with Crippen LogP contribution in [0.4, 0.5) is 18.9 Å². The van der Waals surface area contributed by atoms with Crippen LogP contribution in [0.15, 0.2) is 83.9 Å². The van der Waals surface area contributed by atoms with Crippen molar-refractivity contribution in [3.63, 3.8) is 0 Å². The number of benzene rings is 3. The molecule has 0 radical (unpaired) electrons. The molecule has 2 N–H and O–H groups in total. The fraction of sp³-hybridized carbons (Fsp3) is 0.0400. The van der Waals surface area contributed by atoms with Gasteiger partial charge in [-0.1, -0.05) is 60.4 Å². The van der Waals surface area contributed by atoms with Gasteiger partial charge >= 0.3 is 12.1 Å². The summed E-state index contributed by atoms with van der Waals surface area (Å²) in [6.45, 7) is 0. The third-order valence-corrected chi connectivity index (χ3v) is 6.37. The summed E-state index contributed by atoms with van der Waals surface area (Å²) in [4.78, 5) is 14.5. The van der Waals surface area contributed by atoms with Gasteiger partial charge in [0.1, 0.15) is 0 Å². The van der Waals surface area contributed by atoms with E-state index >= 15 is 0 Å². The molecule has 0 saturated heterocycles. The number of para-hydroxylation sites is 1. The minimum atomic E-state index is -4.94. The molecule has 3 aromatic carbocycles. The SMILES string of the molecule is O=C(O)c1ncc(C#Cc2ccccc2NS(=O)(=O)c2cccc3ccccc23)cc1C(F)(F)F. The van der Waals surface area contributed by atoms with Gasteiger partial charge in [-0.05, 0) is 29.7 Å². The molecule has 10 heteroatoms. The van der Waals surface area contributed by atoms with E-state index in [1.165, 1.54) is 18.2 Å². The Hall–Kier alpha value is -4.36. The van der Waals surface area contributed by atoms with Gasteiger partial charge in [0.15, 0.2) is 5.69 Å². The van der Waals surface area contributed by atoms with Crippen molar-refractivity contribution in [2.45, 2.75) is 11.1 Å². The Labute approximate surface area is 198 Å². The number of fused-ring (bicyclic) bond motifs is 1. The zero-order valence-corrected chi connectivity index (χ0v) is 18.5. The largest absolute Gasteiger partial charge is 0.476 e. The van der Waals surface area contributed by atoms with E-state index in [4.69, 9.17) is 5.11 Å². The molecule has 176 valence electrons. The van der Waals surface area contributed by atoms with Crippen molar-refractivity contribution in [3.8, 4) is 11.8 Å². The number of anilines is 1. The first-order valence-electron chi connectivity index (χ1n) is 9.98. The van der Waals surface area contributed by atoms with Crippen LogP contribution >= 0.6 is 0 Å². The van der Waals surface area contributed by atoms with E-state index in [-0.39, 0.29) is 21.7 Å². The zero-order valence-electron chi connectivity index (χ0n) is 17.7. The molecular formula is C25H15F3N2O4S. The number of nitrogens with one attached hydrogen (secondary N) is 1. The standard InChI is InChI=1S/C25H15F3N2O4S/c26-25(27,28)20-14-16(15-29-23(20)24(31)32)12-13-18-7-2-4-10-21(18)30-35(33,34)22-11-5-8-17-6-1-3-9-19(17)22/h1-11,14-15,30H,(H,31,32).